The van der Waals surface area contributed by atoms with Gasteiger partial charge >= 0.3 is 11.8 Å². The number of carbonyl (C=O) groups is 2. The standard InChI is InChI=1S/C14H12N2O2S2/c15-13(17)14(18)16(19-11-7-3-1-4-8-11)20-12-9-5-2-6-10-12/h1-10H,(H2,15,17). The van der Waals surface area contributed by atoms with E-state index < -0.39 is 11.8 Å². The fourth-order valence-electron chi connectivity index (χ4n) is 1.35. The zero-order valence-corrected chi connectivity index (χ0v) is 12.1. The summed E-state index contributed by atoms with van der Waals surface area (Å²) in [4.78, 5) is 24.7. The van der Waals surface area contributed by atoms with Gasteiger partial charge in [0.2, 0.25) is 0 Å². The van der Waals surface area contributed by atoms with Gasteiger partial charge in [-0.05, 0) is 24.3 Å². The van der Waals surface area contributed by atoms with Gasteiger partial charge in [-0.3, -0.25) is 9.59 Å². The minimum absolute atomic E-state index is 0.743. The molecule has 4 nitrogen and oxygen atoms in total. The van der Waals surface area contributed by atoms with Gasteiger partial charge in [0.25, 0.3) is 0 Å². The molecule has 20 heavy (non-hydrogen) atoms. The largest absolute Gasteiger partial charge is 0.361 e. The highest BCUT2D eigenvalue weighted by atomic mass is 32.2. The van der Waals surface area contributed by atoms with Crippen LogP contribution in [-0.2, 0) is 9.59 Å². The second-order valence-corrected chi connectivity index (χ2v) is 6.00. The molecule has 0 atom stereocenters. The molecule has 0 bridgehead atoms. The first-order valence-electron chi connectivity index (χ1n) is 5.77. The summed E-state index contributed by atoms with van der Waals surface area (Å²) in [6, 6.07) is 18.7. The highest BCUT2D eigenvalue weighted by Gasteiger charge is 2.22. The van der Waals surface area contributed by atoms with Crippen LogP contribution in [0.4, 0.5) is 0 Å². The molecule has 102 valence electrons. The molecule has 2 aromatic rings. The molecule has 2 rings (SSSR count). The lowest BCUT2D eigenvalue weighted by molar-refractivity contribution is -0.138. The number of nitrogens with zero attached hydrogens (tertiary/aromatic N) is 1. The number of hydrogen-bond acceptors (Lipinski definition) is 4. The lowest BCUT2D eigenvalue weighted by Gasteiger charge is -2.17. The number of hydrogen-bond donors (Lipinski definition) is 1. The molecule has 0 saturated carbocycles. The van der Waals surface area contributed by atoms with Gasteiger partial charge in [-0.15, -0.1) is 0 Å². The van der Waals surface area contributed by atoms with Gasteiger partial charge in [-0.1, -0.05) is 36.4 Å². The lowest BCUT2D eigenvalue weighted by Crippen LogP contribution is -2.32. The Bertz CT molecular complexity index is 549. The van der Waals surface area contributed by atoms with Gasteiger partial charge in [-0.25, -0.2) is 3.71 Å². The molecular weight excluding hydrogens is 292 g/mol. The van der Waals surface area contributed by atoms with Crippen molar-refractivity contribution in [3.05, 3.63) is 60.7 Å². The molecular formula is C14H12N2O2S2. The maximum Gasteiger partial charge on any atom is 0.332 e. The Balaban J connectivity index is 2.17. The van der Waals surface area contributed by atoms with Crippen molar-refractivity contribution < 1.29 is 9.59 Å². The van der Waals surface area contributed by atoms with Gasteiger partial charge in [-0.2, -0.15) is 0 Å². The monoisotopic (exact) mass is 304 g/mol. The summed E-state index contributed by atoms with van der Waals surface area (Å²) < 4.78 is 1.28. The first kappa shape index (κ1) is 14.5. The van der Waals surface area contributed by atoms with Crippen molar-refractivity contribution in [2.45, 2.75) is 9.79 Å². The van der Waals surface area contributed by atoms with Crippen LogP contribution in [0.1, 0.15) is 0 Å². The number of carbonyl (C=O) groups excluding carboxylic acids is 2. The van der Waals surface area contributed by atoms with E-state index in [4.69, 9.17) is 5.73 Å². The highest BCUT2D eigenvalue weighted by molar-refractivity contribution is 8.13. The Morgan fingerprint density at radius 3 is 1.55 bits per heavy atom. The number of benzene rings is 2. The molecule has 6 heteroatoms. The minimum atomic E-state index is -0.975. The van der Waals surface area contributed by atoms with Crippen molar-refractivity contribution in [3.8, 4) is 0 Å². The molecule has 0 aliphatic rings. The van der Waals surface area contributed by atoms with E-state index >= 15 is 0 Å². The van der Waals surface area contributed by atoms with E-state index in [1.807, 2.05) is 60.7 Å². The van der Waals surface area contributed by atoms with E-state index in [0.29, 0.717) is 0 Å². The van der Waals surface area contributed by atoms with Gasteiger partial charge in [0.1, 0.15) is 0 Å². The van der Waals surface area contributed by atoms with Crippen molar-refractivity contribution in [1.82, 2.24) is 3.71 Å². The average Bonchev–Trinajstić information content (AvgIpc) is 2.48. The van der Waals surface area contributed by atoms with Crippen molar-refractivity contribution >= 4 is 35.7 Å². The van der Waals surface area contributed by atoms with Crippen LogP contribution in [0.25, 0.3) is 0 Å². The molecule has 0 aliphatic carbocycles. The Morgan fingerprint density at radius 1 is 0.800 bits per heavy atom. The fourth-order valence-corrected chi connectivity index (χ4v) is 3.30. The first-order valence-corrected chi connectivity index (χ1v) is 7.31. The zero-order chi connectivity index (χ0) is 14.4. The molecule has 0 fully saturated rings. The van der Waals surface area contributed by atoms with Crippen LogP contribution in [0.5, 0.6) is 0 Å². The van der Waals surface area contributed by atoms with Crippen molar-refractivity contribution in [2.24, 2.45) is 5.73 Å². The summed E-state index contributed by atoms with van der Waals surface area (Å²) in [6.07, 6.45) is 0. The van der Waals surface area contributed by atoms with E-state index in [2.05, 4.69) is 0 Å². The molecule has 0 saturated heterocycles. The predicted molar refractivity (Wildman–Crippen MR) is 80.6 cm³/mol. The minimum Gasteiger partial charge on any atom is -0.361 e. The molecule has 0 unspecified atom stereocenters. The third-order valence-electron chi connectivity index (χ3n) is 2.24. The molecule has 0 radical (unpaired) electrons. The predicted octanol–water partition coefficient (Wildman–Crippen LogP) is 2.71. The third kappa shape index (κ3) is 4.04. The number of rotatable bonds is 4. The van der Waals surface area contributed by atoms with Gasteiger partial charge in [0, 0.05) is 33.7 Å². The molecule has 2 amide bonds. The van der Waals surface area contributed by atoms with Crippen molar-refractivity contribution in [1.29, 1.82) is 0 Å². The van der Waals surface area contributed by atoms with Crippen LogP contribution >= 0.6 is 23.9 Å². The maximum atomic E-state index is 11.9. The molecule has 0 aromatic heterocycles. The zero-order valence-electron chi connectivity index (χ0n) is 10.4. The number of nitrogens with two attached hydrogens (primary N) is 1. The van der Waals surface area contributed by atoms with Crippen LogP contribution in [0.15, 0.2) is 70.5 Å². The summed E-state index contributed by atoms with van der Waals surface area (Å²) in [5.41, 5.74) is 5.09. The summed E-state index contributed by atoms with van der Waals surface area (Å²) >= 11 is 2.33. The van der Waals surface area contributed by atoms with Crippen LogP contribution in [-0.4, -0.2) is 15.5 Å². The third-order valence-corrected chi connectivity index (χ3v) is 4.32. The molecule has 0 heterocycles. The molecule has 2 N–H and O–H groups in total. The van der Waals surface area contributed by atoms with Crippen LogP contribution in [0.3, 0.4) is 0 Å². The van der Waals surface area contributed by atoms with Crippen LogP contribution in [0, 0.1) is 0 Å². The molecule has 0 aliphatic heterocycles. The summed E-state index contributed by atoms with van der Waals surface area (Å²) in [5, 5.41) is 0. The second kappa shape index (κ2) is 7.02. The molecule has 0 spiro atoms. The van der Waals surface area contributed by atoms with E-state index in [1.54, 1.807) is 0 Å². The topological polar surface area (TPSA) is 63.4 Å². The van der Waals surface area contributed by atoms with Gasteiger partial charge < -0.3 is 5.73 Å². The van der Waals surface area contributed by atoms with E-state index in [1.165, 1.54) is 27.6 Å². The van der Waals surface area contributed by atoms with Crippen molar-refractivity contribution in [3.63, 3.8) is 0 Å². The van der Waals surface area contributed by atoms with Gasteiger partial charge in [0.15, 0.2) is 0 Å². The van der Waals surface area contributed by atoms with E-state index in [9.17, 15) is 9.59 Å². The lowest BCUT2D eigenvalue weighted by atomic mass is 10.4. The normalized spacial score (nSPS) is 10.0. The average molecular weight is 304 g/mol. The highest BCUT2D eigenvalue weighted by Crippen LogP contribution is 2.33. The number of primary amides is 1. The van der Waals surface area contributed by atoms with Crippen LogP contribution < -0.4 is 5.73 Å². The number of amides is 2. The summed E-state index contributed by atoms with van der Waals surface area (Å²) in [5.74, 6) is -1.72. The first-order chi connectivity index (χ1) is 9.66. The molecule has 2 aromatic carbocycles. The van der Waals surface area contributed by atoms with Gasteiger partial charge in [0.05, 0.1) is 0 Å². The van der Waals surface area contributed by atoms with Crippen LogP contribution in [0.2, 0.25) is 0 Å². The van der Waals surface area contributed by atoms with Crippen molar-refractivity contribution in [2.75, 3.05) is 0 Å². The second-order valence-electron chi connectivity index (χ2n) is 3.74. The summed E-state index contributed by atoms with van der Waals surface area (Å²) in [6.45, 7) is 0. The Hall–Kier alpha value is -1.92. The Morgan fingerprint density at radius 2 is 1.20 bits per heavy atom. The quantitative estimate of drug-likeness (QED) is 0.697. The van der Waals surface area contributed by atoms with E-state index in [-0.39, 0.29) is 0 Å². The fraction of sp³-hybridized carbons (Fsp3) is 0. The summed E-state index contributed by atoms with van der Waals surface area (Å²) in [7, 11) is 0. The van der Waals surface area contributed by atoms with E-state index in [0.717, 1.165) is 9.79 Å². The smallest absolute Gasteiger partial charge is 0.332 e. The Kier molecular flexibility index (Phi) is 5.09. The Labute approximate surface area is 125 Å². The SMILES string of the molecule is NC(=O)C(=O)N(Sc1ccccc1)Sc1ccccc1. The maximum absolute atomic E-state index is 11.9.